The second kappa shape index (κ2) is 3.85. The van der Waals surface area contributed by atoms with Crippen LogP contribution >= 0.6 is 0 Å². The summed E-state index contributed by atoms with van der Waals surface area (Å²) in [7, 11) is -3.69. The number of thiocyanates is 1. The normalized spacial score (nSPS) is 9.58. The maximum atomic E-state index is 10.8. The number of benzene rings is 1. The van der Waals surface area contributed by atoms with E-state index in [9.17, 15) is 8.42 Å². The summed E-state index contributed by atoms with van der Waals surface area (Å²) >= 11 is 0. The van der Waals surface area contributed by atoms with Crippen LogP contribution in [-0.2, 0) is 9.84 Å². The van der Waals surface area contributed by atoms with E-state index >= 15 is 0 Å². The summed E-state index contributed by atoms with van der Waals surface area (Å²) in [5.74, 6) is 0. The summed E-state index contributed by atoms with van der Waals surface area (Å²) in [6, 6.07) is 7.61. The molecule has 0 heterocycles. The van der Waals surface area contributed by atoms with Gasteiger partial charge in [0.2, 0.25) is 0 Å². The molecule has 0 radical (unpaired) electrons. The van der Waals surface area contributed by atoms with Crippen LogP contribution in [0.2, 0.25) is 0 Å². The molecule has 0 spiro atoms. The van der Waals surface area contributed by atoms with Crippen molar-refractivity contribution in [1.29, 1.82) is 5.26 Å². The molecule has 1 aromatic carbocycles. The fourth-order valence-corrected chi connectivity index (χ4v) is 1.27. The highest BCUT2D eigenvalue weighted by molar-refractivity contribution is 7.95. The average molecular weight is 184 g/mol. The molecule has 0 amide bonds. The van der Waals surface area contributed by atoms with Gasteiger partial charge >= 0.3 is 0 Å². The van der Waals surface area contributed by atoms with E-state index in [1.54, 1.807) is 18.2 Å². The number of hydrogen-bond acceptors (Lipinski definition) is 4. The summed E-state index contributed by atoms with van der Waals surface area (Å²) < 4.78 is 21.7. The Kier molecular flexibility index (Phi) is 3.41. The van der Waals surface area contributed by atoms with E-state index in [1.807, 2.05) is 0 Å². The van der Waals surface area contributed by atoms with Gasteiger partial charge in [-0.05, 0) is 12.1 Å². The first-order valence-electron chi connectivity index (χ1n) is 2.88. The standard InChI is InChI=1S/C7H5NO2S.H3N/c8-6-11(9,10)7-4-2-1-3-5-7;/h1-5H;1H3. The van der Waals surface area contributed by atoms with Crippen molar-refractivity contribution in [1.82, 2.24) is 6.15 Å². The predicted octanol–water partition coefficient (Wildman–Crippen LogP) is 1.10. The van der Waals surface area contributed by atoms with Crippen LogP contribution in [0.5, 0.6) is 0 Å². The summed E-state index contributed by atoms with van der Waals surface area (Å²) in [6.07, 6.45) is 0. The van der Waals surface area contributed by atoms with Gasteiger partial charge < -0.3 is 6.15 Å². The average Bonchev–Trinajstić information content (AvgIpc) is 2.06. The van der Waals surface area contributed by atoms with Gasteiger partial charge in [-0.2, -0.15) is 5.26 Å². The summed E-state index contributed by atoms with van der Waals surface area (Å²) in [5.41, 5.74) is 0. The van der Waals surface area contributed by atoms with E-state index in [0.717, 1.165) is 0 Å². The van der Waals surface area contributed by atoms with Crippen LogP contribution in [0.3, 0.4) is 0 Å². The maximum absolute atomic E-state index is 10.8. The van der Waals surface area contributed by atoms with Gasteiger partial charge in [0.15, 0.2) is 5.40 Å². The third-order valence-electron chi connectivity index (χ3n) is 1.17. The largest absolute Gasteiger partial charge is 0.344 e. The molecule has 1 aromatic rings. The molecule has 0 aliphatic rings. The van der Waals surface area contributed by atoms with Gasteiger partial charge in [0, 0.05) is 0 Å². The van der Waals surface area contributed by atoms with Crippen LogP contribution in [-0.4, -0.2) is 8.42 Å². The molecule has 0 aromatic heterocycles. The Morgan fingerprint density at radius 2 is 1.67 bits per heavy atom. The van der Waals surface area contributed by atoms with Crippen LogP contribution in [0.1, 0.15) is 0 Å². The Morgan fingerprint density at radius 1 is 1.17 bits per heavy atom. The van der Waals surface area contributed by atoms with E-state index < -0.39 is 9.84 Å². The van der Waals surface area contributed by atoms with Gasteiger partial charge in [0.05, 0.1) is 4.90 Å². The van der Waals surface area contributed by atoms with Gasteiger partial charge in [-0.1, -0.05) is 18.2 Å². The molecule has 0 fully saturated rings. The van der Waals surface area contributed by atoms with Crippen LogP contribution < -0.4 is 6.15 Å². The Labute approximate surface area is 71.0 Å². The lowest BCUT2D eigenvalue weighted by Crippen LogP contribution is -1.94. The molecular formula is C7H8N2O2S. The predicted molar refractivity (Wildman–Crippen MR) is 44.3 cm³/mol. The highest BCUT2D eigenvalue weighted by Crippen LogP contribution is 2.07. The lowest BCUT2D eigenvalue weighted by atomic mass is 10.4. The first kappa shape index (κ1) is 10.6. The lowest BCUT2D eigenvalue weighted by molar-refractivity contribution is 0.605. The Bertz CT molecular complexity index is 378. The van der Waals surface area contributed by atoms with Crippen molar-refractivity contribution in [2.75, 3.05) is 0 Å². The SMILES string of the molecule is N.N#CS(=O)(=O)c1ccccc1. The van der Waals surface area contributed by atoms with Gasteiger partial charge in [-0.25, -0.2) is 8.42 Å². The molecule has 0 atom stereocenters. The van der Waals surface area contributed by atoms with E-state index in [1.165, 1.54) is 17.5 Å². The van der Waals surface area contributed by atoms with Gasteiger partial charge in [0.1, 0.15) is 0 Å². The molecule has 0 saturated carbocycles. The molecule has 5 heteroatoms. The highest BCUT2D eigenvalue weighted by Gasteiger charge is 2.10. The summed E-state index contributed by atoms with van der Waals surface area (Å²) in [6.45, 7) is 0. The van der Waals surface area contributed by atoms with E-state index in [2.05, 4.69) is 0 Å². The minimum Gasteiger partial charge on any atom is -0.344 e. The van der Waals surface area contributed by atoms with Crippen molar-refractivity contribution in [3.8, 4) is 5.40 Å². The van der Waals surface area contributed by atoms with Crippen LogP contribution in [0.4, 0.5) is 0 Å². The Morgan fingerprint density at radius 3 is 2.08 bits per heavy atom. The minimum atomic E-state index is -3.69. The van der Waals surface area contributed by atoms with E-state index in [0.29, 0.717) is 0 Å². The first-order valence-corrected chi connectivity index (χ1v) is 4.36. The van der Waals surface area contributed by atoms with Gasteiger partial charge in [-0.15, -0.1) is 0 Å². The maximum Gasteiger partial charge on any atom is 0.269 e. The number of hydrogen-bond donors (Lipinski definition) is 1. The zero-order valence-corrected chi connectivity index (χ0v) is 7.08. The Balaban J connectivity index is 0.00000121. The van der Waals surface area contributed by atoms with Crippen molar-refractivity contribution in [2.45, 2.75) is 4.90 Å². The molecule has 0 unspecified atom stereocenters. The van der Waals surface area contributed by atoms with Crippen LogP contribution in [0.15, 0.2) is 35.2 Å². The molecule has 4 nitrogen and oxygen atoms in total. The van der Waals surface area contributed by atoms with Crippen molar-refractivity contribution >= 4 is 9.84 Å². The fraction of sp³-hybridized carbons (Fsp3) is 0. The summed E-state index contributed by atoms with van der Waals surface area (Å²) in [4.78, 5) is 0.0440. The Hall–Kier alpha value is -1.38. The zero-order chi connectivity index (χ0) is 8.32. The number of nitriles is 1. The topological polar surface area (TPSA) is 92.9 Å². The number of rotatable bonds is 1. The molecule has 1 rings (SSSR count). The molecule has 12 heavy (non-hydrogen) atoms. The minimum absolute atomic E-state index is 0. The molecule has 3 N–H and O–H groups in total. The number of nitrogens with zero attached hydrogens (tertiary/aromatic N) is 1. The molecule has 0 saturated heterocycles. The van der Waals surface area contributed by atoms with E-state index in [4.69, 9.17) is 5.26 Å². The third-order valence-corrected chi connectivity index (χ3v) is 2.31. The molecular weight excluding hydrogens is 176 g/mol. The van der Waals surface area contributed by atoms with Gasteiger partial charge in [0.25, 0.3) is 9.84 Å². The first-order chi connectivity index (χ1) is 5.17. The van der Waals surface area contributed by atoms with Crippen LogP contribution in [0.25, 0.3) is 0 Å². The van der Waals surface area contributed by atoms with E-state index in [-0.39, 0.29) is 11.0 Å². The summed E-state index contributed by atoms with van der Waals surface area (Å²) in [5, 5.41) is 9.44. The van der Waals surface area contributed by atoms with Gasteiger partial charge in [-0.3, -0.25) is 0 Å². The second-order valence-corrected chi connectivity index (χ2v) is 3.57. The fourth-order valence-electron chi connectivity index (χ4n) is 0.652. The zero-order valence-electron chi connectivity index (χ0n) is 6.27. The number of sulfone groups is 1. The van der Waals surface area contributed by atoms with Crippen molar-refractivity contribution in [3.63, 3.8) is 0 Å². The highest BCUT2D eigenvalue weighted by atomic mass is 32.2. The molecule has 0 aliphatic heterocycles. The van der Waals surface area contributed by atoms with Crippen LogP contribution in [0, 0.1) is 10.7 Å². The molecule has 0 bridgehead atoms. The third kappa shape index (κ3) is 2.05. The molecule has 64 valence electrons. The molecule has 0 aliphatic carbocycles. The monoisotopic (exact) mass is 184 g/mol. The van der Waals surface area contributed by atoms with Crippen molar-refractivity contribution in [2.24, 2.45) is 0 Å². The quantitative estimate of drug-likeness (QED) is 0.522. The smallest absolute Gasteiger partial charge is 0.269 e. The lowest BCUT2D eigenvalue weighted by Gasteiger charge is -1.91. The second-order valence-electron chi connectivity index (χ2n) is 1.91. The van der Waals surface area contributed by atoms with Crippen molar-refractivity contribution < 1.29 is 8.42 Å². The van der Waals surface area contributed by atoms with Crippen molar-refractivity contribution in [3.05, 3.63) is 30.3 Å².